The zero-order chi connectivity index (χ0) is 25.4. The van der Waals surface area contributed by atoms with Gasteiger partial charge in [-0.25, -0.2) is 0 Å². The first-order chi connectivity index (χ1) is 17.3. The van der Waals surface area contributed by atoms with Crippen molar-refractivity contribution in [3.8, 4) is 0 Å². The van der Waals surface area contributed by atoms with Crippen LogP contribution in [-0.4, -0.2) is 21.5 Å². The van der Waals surface area contributed by atoms with Gasteiger partial charge in [0.05, 0.1) is 0 Å². The highest BCUT2D eigenvalue weighted by Crippen LogP contribution is 2.37. The third kappa shape index (κ3) is 4.48. The van der Waals surface area contributed by atoms with Gasteiger partial charge in [-0.2, -0.15) is 0 Å². The number of aromatic amines is 2. The zero-order valence-electron chi connectivity index (χ0n) is 21.6. The van der Waals surface area contributed by atoms with Gasteiger partial charge in [0.1, 0.15) is 0 Å². The molecule has 36 heavy (non-hydrogen) atoms. The fraction of sp³-hybridized carbons (Fsp3) is 0.312. The van der Waals surface area contributed by atoms with Gasteiger partial charge in [-0.3, -0.25) is 9.59 Å². The fourth-order valence-corrected chi connectivity index (χ4v) is 5.20. The number of carbonyl (C=O) groups is 2. The Kier molecular flexibility index (Phi) is 6.53. The molecule has 0 saturated carbocycles. The van der Waals surface area contributed by atoms with Gasteiger partial charge in [0.15, 0.2) is 11.6 Å². The molecule has 5 rings (SSSR count). The van der Waals surface area contributed by atoms with Crippen molar-refractivity contribution < 1.29 is 9.59 Å². The van der Waals surface area contributed by atoms with Crippen LogP contribution in [0.15, 0.2) is 60.7 Å². The number of carbonyl (C=O) groups excluding carboxylic acids is 2. The molecule has 2 aromatic heterocycles. The fourth-order valence-electron chi connectivity index (χ4n) is 5.20. The molecular formula is C32H34N2O2. The number of hydrogen-bond acceptors (Lipinski definition) is 2. The minimum Gasteiger partial charge on any atom is -0.358 e. The SMILES string of the molecule is CC(C)CCc1[nH]c2ccccc2c1C1=CC(=O)C(c2c(CCC(C)C)[nH]c3ccccc23)=CC1=O. The van der Waals surface area contributed by atoms with Gasteiger partial charge in [0.25, 0.3) is 0 Å². The Morgan fingerprint density at radius 2 is 1.00 bits per heavy atom. The highest BCUT2D eigenvalue weighted by atomic mass is 16.1. The maximum Gasteiger partial charge on any atom is 0.187 e. The number of H-pyrrole nitrogens is 2. The van der Waals surface area contributed by atoms with Crippen LogP contribution in [0.1, 0.15) is 63.1 Å². The van der Waals surface area contributed by atoms with Crippen molar-refractivity contribution in [1.82, 2.24) is 9.97 Å². The molecule has 0 unspecified atom stereocenters. The lowest BCUT2D eigenvalue weighted by atomic mass is 9.85. The van der Waals surface area contributed by atoms with Crippen molar-refractivity contribution in [3.05, 3.63) is 83.2 Å². The summed E-state index contributed by atoms with van der Waals surface area (Å²) in [4.78, 5) is 34.4. The van der Waals surface area contributed by atoms with Crippen molar-refractivity contribution in [1.29, 1.82) is 0 Å². The molecule has 1 aliphatic carbocycles. The monoisotopic (exact) mass is 478 g/mol. The number of aromatic nitrogens is 2. The van der Waals surface area contributed by atoms with Crippen molar-refractivity contribution in [3.63, 3.8) is 0 Å². The van der Waals surface area contributed by atoms with Crippen LogP contribution in [-0.2, 0) is 22.4 Å². The van der Waals surface area contributed by atoms with E-state index < -0.39 is 0 Å². The van der Waals surface area contributed by atoms with Crippen molar-refractivity contribution in [2.75, 3.05) is 0 Å². The predicted molar refractivity (Wildman–Crippen MR) is 149 cm³/mol. The molecule has 0 atom stereocenters. The van der Waals surface area contributed by atoms with E-state index in [9.17, 15) is 9.59 Å². The maximum absolute atomic E-state index is 13.7. The number of rotatable bonds is 8. The number of benzene rings is 2. The van der Waals surface area contributed by atoms with Crippen molar-refractivity contribution in [2.45, 2.75) is 53.4 Å². The van der Waals surface area contributed by atoms with E-state index in [1.54, 1.807) is 12.2 Å². The van der Waals surface area contributed by atoms with Gasteiger partial charge < -0.3 is 9.97 Å². The minimum atomic E-state index is -0.111. The summed E-state index contributed by atoms with van der Waals surface area (Å²) in [5, 5.41) is 1.98. The first-order valence-corrected chi connectivity index (χ1v) is 13.1. The lowest BCUT2D eigenvalue weighted by Gasteiger charge is -2.15. The third-order valence-electron chi connectivity index (χ3n) is 7.13. The second kappa shape index (κ2) is 9.77. The molecule has 0 aliphatic heterocycles. The Balaban J connectivity index is 1.59. The molecule has 2 heterocycles. The number of para-hydroxylation sites is 2. The average Bonchev–Trinajstić information content (AvgIpc) is 3.40. The summed E-state index contributed by atoms with van der Waals surface area (Å²) in [6.07, 6.45) is 6.81. The summed E-state index contributed by atoms with van der Waals surface area (Å²) in [6, 6.07) is 16.1. The highest BCUT2D eigenvalue weighted by Gasteiger charge is 2.29. The Labute approximate surface area is 212 Å². The van der Waals surface area contributed by atoms with Gasteiger partial charge in [-0.15, -0.1) is 0 Å². The van der Waals surface area contributed by atoms with Gasteiger partial charge in [0.2, 0.25) is 0 Å². The molecule has 4 aromatic rings. The van der Waals surface area contributed by atoms with E-state index in [4.69, 9.17) is 0 Å². The number of allylic oxidation sites excluding steroid dienone is 4. The van der Waals surface area contributed by atoms with Crippen LogP contribution in [0, 0.1) is 11.8 Å². The normalized spacial score (nSPS) is 14.4. The van der Waals surface area contributed by atoms with Gasteiger partial charge in [-0.1, -0.05) is 64.1 Å². The molecule has 0 fully saturated rings. The third-order valence-corrected chi connectivity index (χ3v) is 7.13. The summed E-state index contributed by atoms with van der Waals surface area (Å²) in [7, 11) is 0. The molecule has 0 amide bonds. The molecule has 0 radical (unpaired) electrons. The van der Waals surface area contributed by atoms with E-state index >= 15 is 0 Å². The molecule has 184 valence electrons. The van der Waals surface area contributed by atoms with Crippen LogP contribution in [0.4, 0.5) is 0 Å². The Bertz CT molecular complexity index is 1410. The van der Waals surface area contributed by atoms with Crippen LogP contribution in [0.25, 0.3) is 33.0 Å². The Morgan fingerprint density at radius 3 is 1.39 bits per heavy atom. The van der Waals surface area contributed by atoms with Crippen LogP contribution in [0.2, 0.25) is 0 Å². The lowest BCUT2D eigenvalue weighted by Crippen LogP contribution is -2.14. The highest BCUT2D eigenvalue weighted by molar-refractivity contribution is 6.45. The van der Waals surface area contributed by atoms with Gasteiger partial charge in [0, 0.05) is 55.5 Å². The van der Waals surface area contributed by atoms with Gasteiger partial charge in [-0.05, 0) is 61.8 Å². The molecule has 0 bridgehead atoms. The molecule has 2 N–H and O–H groups in total. The van der Waals surface area contributed by atoms with Crippen molar-refractivity contribution >= 4 is 44.5 Å². The van der Waals surface area contributed by atoms with Crippen LogP contribution in [0.5, 0.6) is 0 Å². The van der Waals surface area contributed by atoms with E-state index in [-0.39, 0.29) is 11.6 Å². The molecule has 2 aromatic carbocycles. The maximum atomic E-state index is 13.7. The molecule has 4 nitrogen and oxygen atoms in total. The topological polar surface area (TPSA) is 65.7 Å². The van der Waals surface area contributed by atoms with E-state index in [0.29, 0.717) is 23.0 Å². The quantitative estimate of drug-likeness (QED) is 0.258. The molecular weight excluding hydrogens is 444 g/mol. The molecule has 4 heteroatoms. The summed E-state index contributed by atoms with van der Waals surface area (Å²) >= 11 is 0. The largest absolute Gasteiger partial charge is 0.358 e. The number of fused-ring (bicyclic) bond motifs is 2. The number of aryl methyl sites for hydroxylation is 2. The first-order valence-electron chi connectivity index (χ1n) is 13.1. The lowest BCUT2D eigenvalue weighted by molar-refractivity contribution is -0.112. The molecule has 1 aliphatic rings. The Morgan fingerprint density at radius 1 is 0.611 bits per heavy atom. The molecule has 0 saturated heterocycles. The first kappa shape index (κ1) is 24.1. The minimum absolute atomic E-state index is 0.111. The van der Waals surface area contributed by atoms with Crippen LogP contribution >= 0.6 is 0 Å². The summed E-state index contributed by atoms with van der Waals surface area (Å²) < 4.78 is 0. The summed E-state index contributed by atoms with van der Waals surface area (Å²) in [5.41, 5.74) is 6.77. The smallest absolute Gasteiger partial charge is 0.187 e. The predicted octanol–water partition coefficient (Wildman–Crippen LogP) is 7.45. The van der Waals surface area contributed by atoms with E-state index in [1.165, 1.54) is 0 Å². The summed E-state index contributed by atoms with van der Waals surface area (Å²) in [6.45, 7) is 8.79. The van der Waals surface area contributed by atoms with E-state index in [1.807, 2.05) is 48.5 Å². The molecule has 0 spiro atoms. The van der Waals surface area contributed by atoms with E-state index in [0.717, 1.165) is 70.0 Å². The second-order valence-corrected chi connectivity index (χ2v) is 10.8. The van der Waals surface area contributed by atoms with Crippen LogP contribution in [0.3, 0.4) is 0 Å². The zero-order valence-corrected chi connectivity index (χ0v) is 21.6. The van der Waals surface area contributed by atoms with E-state index in [2.05, 4.69) is 37.7 Å². The van der Waals surface area contributed by atoms with Crippen LogP contribution < -0.4 is 0 Å². The standard InChI is InChI=1S/C32H34N2O2/c1-19(2)13-15-27-31(21-9-5-7-11-25(21)33-27)23-17-30(36)24(18-29(23)35)32-22-10-6-8-12-26(22)34-28(32)16-14-20(3)4/h5-12,17-20,33-34H,13-16H2,1-4H3. The van der Waals surface area contributed by atoms with Crippen molar-refractivity contribution in [2.24, 2.45) is 11.8 Å². The average molecular weight is 479 g/mol. The number of ketones is 2. The Hall–Kier alpha value is -3.66. The van der Waals surface area contributed by atoms with Gasteiger partial charge >= 0.3 is 0 Å². The summed E-state index contributed by atoms with van der Waals surface area (Å²) in [5.74, 6) is 0.861. The number of nitrogens with one attached hydrogen (secondary N) is 2. The number of hydrogen-bond donors (Lipinski definition) is 2. The second-order valence-electron chi connectivity index (χ2n) is 10.8.